The monoisotopic (exact) mass is 321 g/mol. The molecule has 1 aromatic carbocycles. The molecule has 0 fully saturated rings. The number of carbonyl (C=O) groups excluding carboxylic acids is 2. The van der Waals surface area contributed by atoms with Crippen molar-refractivity contribution in [1.29, 1.82) is 0 Å². The number of rotatable bonds is 8. The van der Waals surface area contributed by atoms with Crippen LogP contribution >= 0.6 is 0 Å². The Bertz CT molecular complexity index is 530. The quantitative estimate of drug-likeness (QED) is 0.788. The summed E-state index contributed by atoms with van der Waals surface area (Å²) in [6.07, 6.45) is -0.0149. The first kappa shape index (κ1) is 19.0. The second-order valence-corrected chi connectivity index (χ2v) is 5.89. The molecule has 23 heavy (non-hydrogen) atoms. The van der Waals surface area contributed by atoms with Gasteiger partial charge in [0.05, 0.1) is 11.8 Å². The Hall–Kier alpha value is -2.08. The van der Waals surface area contributed by atoms with E-state index in [0.717, 1.165) is 6.54 Å². The van der Waals surface area contributed by atoms with Crippen LogP contribution in [0.4, 0.5) is 5.69 Å². The number of ether oxygens (including phenoxy) is 1. The SMILES string of the molecule is CC(=O)N(CC(=O)NCCN(C)C)c1ccccc1OC(C)C. The molecular formula is C17H27N3O3. The summed E-state index contributed by atoms with van der Waals surface area (Å²) in [5.41, 5.74) is 0.608. The van der Waals surface area contributed by atoms with Gasteiger partial charge < -0.3 is 15.0 Å². The number of anilines is 1. The molecule has 0 atom stereocenters. The van der Waals surface area contributed by atoms with Gasteiger partial charge in [0.1, 0.15) is 12.3 Å². The average Bonchev–Trinajstić information content (AvgIpc) is 2.44. The molecule has 0 saturated carbocycles. The summed E-state index contributed by atoms with van der Waals surface area (Å²) in [6.45, 7) is 6.55. The van der Waals surface area contributed by atoms with Crippen molar-refractivity contribution < 1.29 is 14.3 Å². The number of hydrogen-bond acceptors (Lipinski definition) is 4. The van der Waals surface area contributed by atoms with Crippen LogP contribution in [0.5, 0.6) is 5.75 Å². The zero-order chi connectivity index (χ0) is 17.4. The maximum absolute atomic E-state index is 12.1. The maximum Gasteiger partial charge on any atom is 0.240 e. The second-order valence-electron chi connectivity index (χ2n) is 5.89. The normalized spacial score (nSPS) is 10.7. The molecule has 0 aliphatic rings. The Morgan fingerprint density at radius 2 is 1.87 bits per heavy atom. The highest BCUT2D eigenvalue weighted by Gasteiger charge is 2.19. The summed E-state index contributed by atoms with van der Waals surface area (Å²) in [5.74, 6) is 0.202. The maximum atomic E-state index is 12.1. The van der Waals surface area contributed by atoms with Crippen LogP contribution in [0.1, 0.15) is 20.8 Å². The van der Waals surface area contributed by atoms with Crippen LogP contribution in [0, 0.1) is 0 Å². The van der Waals surface area contributed by atoms with E-state index in [2.05, 4.69) is 5.32 Å². The zero-order valence-corrected chi connectivity index (χ0v) is 14.6. The number of benzene rings is 1. The minimum atomic E-state index is -0.201. The molecule has 0 radical (unpaired) electrons. The average molecular weight is 321 g/mol. The molecule has 1 N–H and O–H groups in total. The summed E-state index contributed by atoms with van der Waals surface area (Å²) < 4.78 is 5.74. The van der Waals surface area contributed by atoms with Crippen molar-refractivity contribution in [1.82, 2.24) is 10.2 Å². The molecule has 0 unspecified atom stereocenters. The van der Waals surface area contributed by atoms with Crippen LogP contribution < -0.4 is 15.0 Å². The Morgan fingerprint density at radius 3 is 2.43 bits per heavy atom. The van der Waals surface area contributed by atoms with Crippen molar-refractivity contribution in [2.75, 3.05) is 38.6 Å². The highest BCUT2D eigenvalue weighted by molar-refractivity contribution is 5.98. The van der Waals surface area contributed by atoms with Crippen molar-refractivity contribution in [3.8, 4) is 5.75 Å². The lowest BCUT2D eigenvalue weighted by Crippen LogP contribution is -2.41. The largest absolute Gasteiger partial charge is 0.489 e. The highest BCUT2D eigenvalue weighted by atomic mass is 16.5. The van der Waals surface area contributed by atoms with Gasteiger partial charge in [0, 0.05) is 20.0 Å². The lowest BCUT2D eigenvalue weighted by atomic mass is 10.2. The van der Waals surface area contributed by atoms with E-state index in [1.54, 1.807) is 12.1 Å². The van der Waals surface area contributed by atoms with E-state index in [-0.39, 0.29) is 24.5 Å². The first-order valence-electron chi connectivity index (χ1n) is 7.76. The van der Waals surface area contributed by atoms with Gasteiger partial charge >= 0.3 is 0 Å². The van der Waals surface area contributed by atoms with Crippen molar-refractivity contribution >= 4 is 17.5 Å². The number of likely N-dealkylation sites (N-methyl/N-ethyl adjacent to an activating group) is 1. The third-order valence-electron chi connectivity index (χ3n) is 3.08. The third kappa shape index (κ3) is 6.69. The fraction of sp³-hybridized carbons (Fsp3) is 0.529. The summed E-state index contributed by atoms with van der Waals surface area (Å²) in [7, 11) is 3.88. The number of carbonyl (C=O) groups is 2. The van der Waals surface area contributed by atoms with E-state index in [1.807, 2.05) is 45.0 Å². The zero-order valence-electron chi connectivity index (χ0n) is 14.6. The van der Waals surface area contributed by atoms with Gasteiger partial charge in [-0.05, 0) is 40.1 Å². The van der Waals surface area contributed by atoms with Crippen LogP contribution in [0.15, 0.2) is 24.3 Å². The summed E-state index contributed by atoms with van der Waals surface area (Å²) in [6, 6.07) is 7.25. The van der Waals surface area contributed by atoms with Gasteiger partial charge in [-0.25, -0.2) is 0 Å². The molecule has 1 rings (SSSR count). The van der Waals surface area contributed by atoms with Gasteiger partial charge in [0.2, 0.25) is 11.8 Å². The minimum absolute atomic E-state index is 0.0149. The van der Waals surface area contributed by atoms with Crippen molar-refractivity contribution in [2.24, 2.45) is 0 Å². The number of hydrogen-bond donors (Lipinski definition) is 1. The van der Waals surface area contributed by atoms with Gasteiger partial charge in [-0.15, -0.1) is 0 Å². The topological polar surface area (TPSA) is 61.9 Å². The fourth-order valence-electron chi connectivity index (χ4n) is 2.02. The smallest absolute Gasteiger partial charge is 0.240 e. The Balaban J connectivity index is 2.83. The van der Waals surface area contributed by atoms with Crippen LogP contribution in [0.25, 0.3) is 0 Å². The molecular weight excluding hydrogens is 294 g/mol. The standard InChI is InChI=1S/C17H27N3O3/c1-13(2)23-16-9-7-6-8-15(16)20(14(3)21)12-17(22)18-10-11-19(4)5/h6-9,13H,10-12H2,1-5H3,(H,18,22). The van der Waals surface area contributed by atoms with Crippen LogP contribution in [0.3, 0.4) is 0 Å². The fourth-order valence-corrected chi connectivity index (χ4v) is 2.02. The Morgan fingerprint density at radius 1 is 1.22 bits per heavy atom. The van der Waals surface area contributed by atoms with Gasteiger partial charge in [-0.3, -0.25) is 14.5 Å². The molecule has 0 aliphatic heterocycles. The number of para-hydroxylation sites is 2. The number of nitrogens with zero attached hydrogens (tertiary/aromatic N) is 2. The summed E-state index contributed by atoms with van der Waals surface area (Å²) in [4.78, 5) is 27.5. The first-order valence-corrected chi connectivity index (χ1v) is 7.76. The molecule has 0 bridgehead atoms. The van der Waals surface area contributed by atoms with E-state index >= 15 is 0 Å². The van der Waals surface area contributed by atoms with Crippen LogP contribution in [0.2, 0.25) is 0 Å². The van der Waals surface area contributed by atoms with Crippen molar-refractivity contribution in [3.05, 3.63) is 24.3 Å². The van der Waals surface area contributed by atoms with E-state index < -0.39 is 0 Å². The molecule has 128 valence electrons. The van der Waals surface area contributed by atoms with E-state index in [9.17, 15) is 9.59 Å². The minimum Gasteiger partial charge on any atom is -0.489 e. The number of amides is 2. The predicted molar refractivity (Wildman–Crippen MR) is 91.8 cm³/mol. The second kappa shape index (κ2) is 9.15. The van der Waals surface area contributed by atoms with Gasteiger partial charge in [0.25, 0.3) is 0 Å². The van der Waals surface area contributed by atoms with Crippen molar-refractivity contribution in [3.63, 3.8) is 0 Å². The highest BCUT2D eigenvalue weighted by Crippen LogP contribution is 2.28. The van der Waals surface area contributed by atoms with E-state index in [1.165, 1.54) is 11.8 Å². The van der Waals surface area contributed by atoms with Gasteiger partial charge in [-0.1, -0.05) is 12.1 Å². The van der Waals surface area contributed by atoms with E-state index in [4.69, 9.17) is 4.74 Å². The molecule has 0 spiro atoms. The van der Waals surface area contributed by atoms with E-state index in [0.29, 0.717) is 18.0 Å². The Kier molecular flexibility index (Phi) is 7.54. The molecule has 0 aliphatic carbocycles. The molecule has 0 aromatic heterocycles. The van der Waals surface area contributed by atoms with Gasteiger partial charge in [-0.2, -0.15) is 0 Å². The summed E-state index contributed by atoms with van der Waals surface area (Å²) in [5, 5.41) is 2.81. The lowest BCUT2D eigenvalue weighted by molar-refractivity contribution is -0.123. The lowest BCUT2D eigenvalue weighted by Gasteiger charge is -2.24. The molecule has 1 aromatic rings. The molecule has 6 heteroatoms. The molecule has 6 nitrogen and oxygen atoms in total. The molecule has 2 amide bonds. The van der Waals surface area contributed by atoms with Crippen LogP contribution in [-0.4, -0.2) is 56.5 Å². The molecule has 0 saturated heterocycles. The number of nitrogens with one attached hydrogen (secondary N) is 1. The van der Waals surface area contributed by atoms with Gasteiger partial charge in [0.15, 0.2) is 0 Å². The van der Waals surface area contributed by atoms with Crippen LogP contribution in [-0.2, 0) is 9.59 Å². The predicted octanol–water partition coefficient (Wildman–Crippen LogP) is 1.50. The van der Waals surface area contributed by atoms with Crippen molar-refractivity contribution in [2.45, 2.75) is 26.9 Å². The third-order valence-corrected chi connectivity index (χ3v) is 3.08. The first-order chi connectivity index (χ1) is 10.8. The molecule has 0 heterocycles. The summed E-state index contributed by atoms with van der Waals surface area (Å²) >= 11 is 0. The Labute approximate surface area is 138 Å².